The predicted molar refractivity (Wildman–Crippen MR) is 123 cm³/mol. The molecule has 3 aromatic rings. The second-order valence-corrected chi connectivity index (χ2v) is 7.48. The highest BCUT2D eigenvalue weighted by molar-refractivity contribution is 5.96. The summed E-state index contributed by atoms with van der Waals surface area (Å²) in [7, 11) is 1.50. The largest absolute Gasteiger partial charge is 0.493 e. The van der Waals surface area contributed by atoms with Crippen molar-refractivity contribution in [2.75, 3.05) is 19.0 Å². The van der Waals surface area contributed by atoms with Gasteiger partial charge in [0.2, 0.25) is 0 Å². The van der Waals surface area contributed by atoms with Gasteiger partial charge in [0.1, 0.15) is 0 Å². The lowest BCUT2D eigenvalue weighted by molar-refractivity contribution is -0.119. The molecule has 3 aromatic carbocycles. The van der Waals surface area contributed by atoms with Crippen LogP contribution in [0.2, 0.25) is 0 Å². The molecule has 0 unspecified atom stereocenters. The Morgan fingerprint density at radius 1 is 0.906 bits per heavy atom. The zero-order valence-corrected chi connectivity index (χ0v) is 18.5. The van der Waals surface area contributed by atoms with Gasteiger partial charge in [-0.3, -0.25) is 4.79 Å². The third-order valence-electron chi connectivity index (χ3n) is 4.63. The summed E-state index contributed by atoms with van der Waals surface area (Å²) in [6.07, 6.45) is 0.650. The normalized spacial score (nSPS) is 10.5. The van der Waals surface area contributed by atoms with Crippen LogP contribution in [0.3, 0.4) is 0 Å². The van der Waals surface area contributed by atoms with E-state index < -0.39 is 18.5 Å². The second kappa shape index (κ2) is 11.0. The van der Waals surface area contributed by atoms with Crippen molar-refractivity contribution in [3.05, 3.63) is 89.5 Å². The number of nitrogens with one attached hydrogen (secondary N) is 1. The van der Waals surface area contributed by atoms with Crippen molar-refractivity contribution in [2.45, 2.75) is 26.4 Å². The molecule has 32 heavy (non-hydrogen) atoms. The summed E-state index contributed by atoms with van der Waals surface area (Å²) in [6, 6.07) is 22.3. The third kappa shape index (κ3) is 6.35. The summed E-state index contributed by atoms with van der Waals surface area (Å²) in [5.41, 5.74) is 3.08. The van der Waals surface area contributed by atoms with E-state index in [2.05, 4.69) is 5.32 Å². The highest BCUT2D eigenvalue weighted by Gasteiger charge is 2.15. The maximum absolute atomic E-state index is 12.4. The van der Waals surface area contributed by atoms with Gasteiger partial charge >= 0.3 is 5.97 Å². The number of ether oxygens (including phenoxy) is 3. The van der Waals surface area contributed by atoms with E-state index in [1.807, 2.05) is 68.4 Å². The average molecular weight is 434 g/mol. The topological polar surface area (TPSA) is 73.9 Å². The molecule has 0 radical (unpaired) electrons. The van der Waals surface area contributed by atoms with Gasteiger partial charge in [-0.15, -0.1) is 0 Å². The number of methoxy groups -OCH3 is 1. The minimum atomic E-state index is -0.618. The fourth-order valence-electron chi connectivity index (χ4n) is 3.16. The Balaban J connectivity index is 1.60. The molecule has 0 spiro atoms. The minimum absolute atomic E-state index is 0.0323. The quantitative estimate of drug-likeness (QED) is 0.488. The van der Waals surface area contributed by atoms with Gasteiger partial charge in [-0.2, -0.15) is 0 Å². The van der Waals surface area contributed by atoms with E-state index >= 15 is 0 Å². The fourth-order valence-corrected chi connectivity index (χ4v) is 3.16. The Morgan fingerprint density at radius 3 is 2.34 bits per heavy atom. The van der Waals surface area contributed by atoms with Gasteiger partial charge in [0.25, 0.3) is 5.91 Å². The molecular weight excluding hydrogens is 406 g/mol. The predicted octanol–water partition coefficient (Wildman–Crippen LogP) is 4.87. The van der Waals surface area contributed by atoms with Crippen molar-refractivity contribution in [1.82, 2.24) is 0 Å². The molecule has 0 heterocycles. The standard InChI is InChI=1S/C26H27NO5/c1-18(2)32-23-14-13-21(16-24(23)30-3)26(29)31-17-25(28)27-22-12-8-7-11-20(22)15-19-9-5-4-6-10-19/h4-14,16,18H,15,17H2,1-3H3,(H,27,28). The molecule has 6 heteroatoms. The summed E-state index contributed by atoms with van der Waals surface area (Å²) in [5, 5.41) is 2.83. The zero-order chi connectivity index (χ0) is 22.9. The van der Waals surface area contributed by atoms with E-state index in [9.17, 15) is 9.59 Å². The number of para-hydroxylation sites is 1. The van der Waals surface area contributed by atoms with Crippen LogP contribution in [0.1, 0.15) is 35.3 Å². The van der Waals surface area contributed by atoms with E-state index in [4.69, 9.17) is 14.2 Å². The lowest BCUT2D eigenvalue weighted by Crippen LogP contribution is -2.21. The number of hydrogen-bond acceptors (Lipinski definition) is 5. The van der Waals surface area contributed by atoms with Crippen LogP contribution in [-0.2, 0) is 16.0 Å². The van der Waals surface area contributed by atoms with Crippen LogP contribution in [0, 0.1) is 0 Å². The van der Waals surface area contributed by atoms with E-state index in [0.717, 1.165) is 11.1 Å². The Kier molecular flexibility index (Phi) is 7.86. The molecule has 0 aliphatic heterocycles. The van der Waals surface area contributed by atoms with Gasteiger partial charge in [-0.25, -0.2) is 4.79 Å². The molecule has 3 rings (SSSR count). The second-order valence-electron chi connectivity index (χ2n) is 7.48. The molecule has 0 fully saturated rings. The molecule has 1 amide bonds. The summed E-state index contributed by atoms with van der Waals surface area (Å²) < 4.78 is 16.1. The first-order chi connectivity index (χ1) is 15.5. The first-order valence-electron chi connectivity index (χ1n) is 10.4. The van der Waals surface area contributed by atoms with Crippen LogP contribution in [-0.4, -0.2) is 31.7 Å². The molecule has 1 N–H and O–H groups in total. The van der Waals surface area contributed by atoms with E-state index in [1.54, 1.807) is 12.1 Å². The summed E-state index contributed by atoms with van der Waals surface area (Å²) in [5.74, 6) is -0.0723. The van der Waals surface area contributed by atoms with Crippen LogP contribution in [0.4, 0.5) is 5.69 Å². The summed E-state index contributed by atoms with van der Waals surface area (Å²) >= 11 is 0. The fraction of sp³-hybridized carbons (Fsp3) is 0.231. The highest BCUT2D eigenvalue weighted by atomic mass is 16.5. The molecule has 166 valence electrons. The molecule has 0 aliphatic rings. The lowest BCUT2D eigenvalue weighted by atomic mass is 10.0. The van der Waals surface area contributed by atoms with Crippen molar-refractivity contribution in [3.8, 4) is 11.5 Å². The minimum Gasteiger partial charge on any atom is -0.493 e. The highest BCUT2D eigenvalue weighted by Crippen LogP contribution is 2.29. The molecule has 0 saturated heterocycles. The third-order valence-corrected chi connectivity index (χ3v) is 4.63. The molecule has 6 nitrogen and oxygen atoms in total. The maximum atomic E-state index is 12.4. The van der Waals surface area contributed by atoms with Crippen molar-refractivity contribution >= 4 is 17.6 Å². The van der Waals surface area contributed by atoms with Crippen LogP contribution >= 0.6 is 0 Å². The number of rotatable bonds is 9. The van der Waals surface area contributed by atoms with Crippen molar-refractivity contribution in [2.24, 2.45) is 0 Å². The van der Waals surface area contributed by atoms with Gasteiger partial charge in [-0.1, -0.05) is 48.5 Å². The number of carbonyl (C=O) groups is 2. The number of hydrogen-bond donors (Lipinski definition) is 1. The van der Waals surface area contributed by atoms with Gasteiger partial charge < -0.3 is 19.5 Å². The van der Waals surface area contributed by atoms with Gasteiger partial charge in [0.05, 0.1) is 18.8 Å². The molecule has 0 aliphatic carbocycles. The SMILES string of the molecule is COc1cc(C(=O)OCC(=O)Nc2ccccc2Cc2ccccc2)ccc1OC(C)C. The van der Waals surface area contributed by atoms with Crippen LogP contribution in [0.15, 0.2) is 72.8 Å². The Labute approximate surface area is 188 Å². The Hall–Kier alpha value is -3.80. The van der Waals surface area contributed by atoms with Crippen molar-refractivity contribution < 1.29 is 23.8 Å². The van der Waals surface area contributed by atoms with E-state index in [-0.39, 0.29) is 11.7 Å². The summed E-state index contributed by atoms with van der Waals surface area (Å²) in [4.78, 5) is 24.8. The zero-order valence-electron chi connectivity index (χ0n) is 18.5. The van der Waals surface area contributed by atoms with Crippen LogP contribution < -0.4 is 14.8 Å². The lowest BCUT2D eigenvalue weighted by Gasteiger charge is -2.14. The van der Waals surface area contributed by atoms with Crippen LogP contribution in [0.25, 0.3) is 0 Å². The molecule has 0 saturated carbocycles. The molecule has 0 aromatic heterocycles. The van der Waals surface area contributed by atoms with E-state index in [1.165, 1.54) is 13.2 Å². The first-order valence-corrected chi connectivity index (χ1v) is 10.4. The molecule has 0 bridgehead atoms. The number of amides is 1. The number of esters is 1. The Bertz CT molecular complexity index is 1060. The number of anilines is 1. The van der Waals surface area contributed by atoms with Crippen LogP contribution in [0.5, 0.6) is 11.5 Å². The molecular formula is C26H27NO5. The maximum Gasteiger partial charge on any atom is 0.338 e. The van der Waals surface area contributed by atoms with Crippen molar-refractivity contribution in [3.63, 3.8) is 0 Å². The average Bonchev–Trinajstić information content (AvgIpc) is 2.79. The summed E-state index contributed by atoms with van der Waals surface area (Å²) in [6.45, 7) is 3.40. The first kappa shape index (κ1) is 22.9. The smallest absolute Gasteiger partial charge is 0.338 e. The number of benzene rings is 3. The Morgan fingerprint density at radius 2 is 1.62 bits per heavy atom. The van der Waals surface area contributed by atoms with Gasteiger partial charge in [0.15, 0.2) is 18.1 Å². The van der Waals surface area contributed by atoms with Gasteiger partial charge in [-0.05, 0) is 55.7 Å². The van der Waals surface area contributed by atoms with E-state index in [0.29, 0.717) is 23.6 Å². The number of carbonyl (C=O) groups excluding carboxylic acids is 2. The monoisotopic (exact) mass is 433 g/mol. The van der Waals surface area contributed by atoms with Crippen molar-refractivity contribution in [1.29, 1.82) is 0 Å². The van der Waals surface area contributed by atoms with Gasteiger partial charge in [0, 0.05) is 5.69 Å². The molecule has 0 atom stereocenters.